The van der Waals surface area contributed by atoms with Crippen LogP contribution in [-0.2, 0) is 17.6 Å². The topological polar surface area (TPSA) is 35.2 Å². The molecular weight excluding hydrogens is 210 g/mol. The van der Waals surface area contributed by atoms with E-state index in [2.05, 4.69) is 38.1 Å². The smallest absolute Gasteiger partial charge is 0.0721 e. The molecule has 1 aromatic carbocycles. The van der Waals surface area contributed by atoms with Crippen molar-refractivity contribution in [1.29, 1.82) is 0 Å². The number of hydrogen-bond donors (Lipinski definition) is 1. The molecule has 2 N–H and O–H groups in total. The molecule has 1 aromatic rings. The SMILES string of the molecule is COC1(Cc2ccc(CC(C)(C)N)cc2)CC1. The minimum absolute atomic E-state index is 0.133. The zero-order chi connectivity index (χ0) is 12.5. The lowest BCUT2D eigenvalue weighted by molar-refractivity contribution is 0.0807. The Balaban J connectivity index is 1.98. The highest BCUT2D eigenvalue weighted by molar-refractivity contribution is 5.26. The number of benzene rings is 1. The summed E-state index contributed by atoms with van der Waals surface area (Å²) in [5, 5.41) is 0. The van der Waals surface area contributed by atoms with Crippen molar-refractivity contribution in [2.75, 3.05) is 7.11 Å². The van der Waals surface area contributed by atoms with Crippen LogP contribution < -0.4 is 5.73 Å². The Hall–Kier alpha value is -0.860. The van der Waals surface area contributed by atoms with Crippen LogP contribution in [0.5, 0.6) is 0 Å². The molecule has 0 radical (unpaired) electrons. The second-order valence-electron chi connectivity index (χ2n) is 6.05. The van der Waals surface area contributed by atoms with Gasteiger partial charge in [0.1, 0.15) is 0 Å². The Labute approximate surface area is 104 Å². The first-order chi connectivity index (χ1) is 7.92. The molecule has 0 unspecified atom stereocenters. The fraction of sp³-hybridized carbons (Fsp3) is 0.600. The Morgan fingerprint density at radius 1 is 1.18 bits per heavy atom. The van der Waals surface area contributed by atoms with Gasteiger partial charge in [0.2, 0.25) is 0 Å². The van der Waals surface area contributed by atoms with E-state index in [9.17, 15) is 0 Å². The molecule has 0 atom stereocenters. The number of rotatable bonds is 5. The summed E-state index contributed by atoms with van der Waals surface area (Å²) >= 11 is 0. The van der Waals surface area contributed by atoms with Crippen LogP contribution in [0.3, 0.4) is 0 Å². The van der Waals surface area contributed by atoms with Crippen molar-refractivity contribution in [2.24, 2.45) is 5.73 Å². The molecule has 0 spiro atoms. The van der Waals surface area contributed by atoms with Crippen molar-refractivity contribution in [3.8, 4) is 0 Å². The molecule has 1 aliphatic carbocycles. The zero-order valence-corrected chi connectivity index (χ0v) is 11.1. The number of ether oxygens (including phenoxy) is 1. The molecule has 2 heteroatoms. The average molecular weight is 233 g/mol. The maximum atomic E-state index is 6.02. The van der Waals surface area contributed by atoms with E-state index in [4.69, 9.17) is 10.5 Å². The summed E-state index contributed by atoms with van der Waals surface area (Å²) < 4.78 is 5.54. The summed E-state index contributed by atoms with van der Waals surface area (Å²) in [4.78, 5) is 0. The van der Waals surface area contributed by atoms with E-state index in [-0.39, 0.29) is 11.1 Å². The van der Waals surface area contributed by atoms with Gasteiger partial charge in [-0.3, -0.25) is 0 Å². The van der Waals surface area contributed by atoms with E-state index in [1.807, 2.05) is 7.11 Å². The molecule has 0 aliphatic heterocycles. The van der Waals surface area contributed by atoms with E-state index in [1.165, 1.54) is 24.0 Å². The molecule has 0 bridgehead atoms. The number of nitrogens with two attached hydrogens (primary N) is 1. The number of methoxy groups -OCH3 is 1. The fourth-order valence-electron chi connectivity index (χ4n) is 2.27. The standard InChI is InChI=1S/C15H23NO/c1-14(2,16)10-12-4-6-13(7-5-12)11-15(17-3)8-9-15/h4-7H,8-11,16H2,1-3H3. The quantitative estimate of drug-likeness (QED) is 0.848. The fourth-order valence-corrected chi connectivity index (χ4v) is 2.27. The molecule has 0 aromatic heterocycles. The summed E-state index contributed by atoms with van der Waals surface area (Å²) in [6, 6.07) is 8.80. The maximum absolute atomic E-state index is 6.02. The first-order valence-electron chi connectivity index (χ1n) is 6.34. The van der Waals surface area contributed by atoms with Crippen molar-refractivity contribution in [1.82, 2.24) is 0 Å². The summed E-state index contributed by atoms with van der Waals surface area (Å²) in [5.41, 5.74) is 8.71. The van der Waals surface area contributed by atoms with Crippen LogP contribution in [0.1, 0.15) is 37.8 Å². The van der Waals surface area contributed by atoms with Gasteiger partial charge in [-0.15, -0.1) is 0 Å². The van der Waals surface area contributed by atoms with E-state index in [0.29, 0.717) is 0 Å². The van der Waals surface area contributed by atoms with Gasteiger partial charge in [0, 0.05) is 19.1 Å². The summed E-state index contributed by atoms with van der Waals surface area (Å²) in [6.45, 7) is 4.12. The van der Waals surface area contributed by atoms with Crippen molar-refractivity contribution >= 4 is 0 Å². The molecule has 17 heavy (non-hydrogen) atoms. The molecule has 2 nitrogen and oxygen atoms in total. The largest absolute Gasteiger partial charge is 0.378 e. The van der Waals surface area contributed by atoms with Gasteiger partial charge in [-0.05, 0) is 44.2 Å². The van der Waals surface area contributed by atoms with Crippen LogP contribution in [0.4, 0.5) is 0 Å². The lowest BCUT2D eigenvalue weighted by Crippen LogP contribution is -2.34. The monoisotopic (exact) mass is 233 g/mol. The molecule has 94 valence electrons. The highest BCUT2D eigenvalue weighted by atomic mass is 16.5. The summed E-state index contributed by atoms with van der Waals surface area (Å²) in [5.74, 6) is 0. The Morgan fingerprint density at radius 3 is 2.12 bits per heavy atom. The first kappa shape index (κ1) is 12.6. The van der Waals surface area contributed by atoms with Crippen LogP contribution in [0, 0.1) is 0 Å². The maximum Gasteiger partial charge on any atom is 0.0721 e. The van der Waals surface area contributed by atoms with Gasteiger partial charge in [-0.25, -0.2) is 0 Å². The van der Waals surface area contributed by atoms with Gasteiger partial charge < -0.3 is 10.5 Å². The van der Waals surface area contributed by atoms with Crippen LogP contribution in [0.2, 0.25) is 0 Å². The number of hydrogen-bond acceptors (Lipinski definition) is 2. The van der Waals surface area contributed by atoms with Crippen molar-refractivity contribution in [3.05, 3.63) is 35.4 Å². The van der Waals surface area contributed by atoms with E-state index in [1.54, 1.807) is 0 Å². The summed E-state index contributed by atoms with van der Waals surface area (Å²) in [7, 11) is 1.82. The highest BCUT2D eigenvalue weighted by Crippen LogP contribution is 2.41. The molecule has 0 amide bonds. The Kier molecular flexibility index (Phi) is 3.28. The third-order valence-corrected chi connectivity index (χ3v) is 3.45. The second-order valence-corrected chi connectivity index (χ2v) is 6.05. The third kappa shape index (κ3) is 3.55. The molecule has 0 saturated heterocycles. The molecule has 1 fully saturated rings. The minimum Gasteiger partial charge on any atom is -0.378 e. The van der Waals surface area contributed by atoms with E-state index >= 15 is 0 Å². The minimum atomic E-state index is -0.133. The van der Waals surface area contributed by atoms with Gasteiger partial charge in [0.15, 0.2) is 0 Å². The first-order valence-corrected chi connectivity index (χ1v) is 6.34. The molecule has 1 saturated carbocycles. The predicted octanol–water partition coefficient (Wildman–Crippen LogP) is 2.69. The van der Waals surface area contributed by atoms with Crippen LogP contribution in [0.25, 0.3) is 0 Å². The summed E-state index contributed by atoms with van der Waals surface area (Å²) in [6.07, 6.45) is 4.35. The van der Waals surface area contributed by atoms with E-state index in [0.717, 1.165) is 12.8 Å². The van der Waals surface area contributed by atoms with Gasteiger partial charge in [0.05, 0.1) is 5.60 Å². The third-order valence-electron chi connectivity index (χ3n) is 3.45. The van der Waals surface area contributed by atoms with Crippen LogP contribution in [0.15, 0.2) is 24.3 Å². The second kappa shape index (κ2) is 4.43. The van der Waals surface area contributed by atoms with Crippen molar-refractivity contribution in [3.63, 3.8) is 0 Å². The van der Waals surface area contributed by atoms with Gasteiger partial charge in [-0.1, -0.05) is 24.3 Å². The molecule has 2 rings (SSSR count). The molecule has 0 heterocycles. The lowest BCUT2D eigenvalue weighted by Gasteiger charge is -2.19. The zero-order valence-electron chi connectivity index (χ0n) is 11.1. The Morgan fingerprint density at radius 2 is 1.71 bits per heavy atom. The Bertz CT molecular complexity index is 371. The van der Waals surface area contributed by atoms with Crippen molar-refractivity contribution in [2.45, 2.75) is 50.7 Å². The van der Waals surface area contributed by atoms with Crippen LogP contribution in [-0.4, -0.2) is 18.2 Å². The van der Waals surface area contributed by atoms with Crippen molar-refractivity contribution < 1.29 is 4.74 Å². The van der Waals surface area contributed by atoms with Crippen LogP contribution >= 0.6 is 0 Å². The lowest BCUT2D eigenvalue weighted by atomic mass is 9.95. The van der Waals surface area contributed by atoms with Gasteiger partial charge in [0.25, 0.3) is 0 Å². The average Bonchev–Trinajstić information content (AvgIpc) is 3.00. The normalized spacial score (nSPS) is 18.1. The van der Waals surface area contributed by atoms with E-state index < -0.39 is 0 Å². The molecule has 1 aliphatic rings. The highest BCUT2D eigenvalue weighted by Gasteiger charge is 2.42. The van der Waals surface area contributed by atoms with Gasteiger partial charge >= 0.3 is 0 Å². The molecular formula is C15H23NO. The predicted molar refractivity (Wildman–Crippen MR) is 71.1 cm³/mol. The van der Waals surface area contributed by atoms with Gasteiger partial charge in [-0.2, -0.15) is 0 Å².